The minimum absolute atomic E-state index is 0.101. The SMILES string of the molecule is O=C(CC1CC(=O)NN1)N/N=C/c1cccc(Br)c1. The van der Waals surface area contributed by atoms with Crippen molar-refractivity contribution >= 4 is 34.0 Å². The molecule has 100 valence electrons. The Hall–Kier alpha value is -1.73. The molecule has 0 radical (unpaired) electrons. The molecule has 1 aliphatic rings. The lowest BCUT2D eigenvalue weighted by Gasteiger charge is -2.05. The molecule has 1 aromatic rings. The van der Waals surface area contributed by atoms with Gasteiger partial charge in [0, 0.05) is 23.4 Å². The molecular formula is C12H13BrN4O2. The number of hydrazone groups is 1. The van der Waals surface area contributed by atoms with Crippen molar-refractivity contribution in [3.8, 4) is 0 Å². The van der Waals surface area contributed by atoms with Gasteiger partial charge >= 0.3 is 0 Å². The molecule has 1 heterocycles. The molecule has 3 N–H and O–H groups in total. The topological polar surface area (TPSA) is 82.6 Å². The zero-order chi connectivity index (χ0) is 13.7. The van der Waals surface area contributed by atoms with Crippen molar-refractivity contribution in [2.45, 2.75) is 18.9 Å². The number of hydrogen-bond acceptors (Lipinski definition) is 4. The van der Waals surface area contributed by atoms with Crippen molar-refractivity contribution < 1.29 is 9.59 Å². The Morgan fingerprint density at radius 1 is 1.58 bits per heavy atom. The Kier molecular flexibility index (Phi) is 4.64. The van der Waals surface area contributed by atoms with Crippen LogP contribution in [0.5, 0.6) is 0 Å². The molecule has 2 rings (SSSR count). The Morgan fingerprint density at radius 3 is 3.11 bits per heavy atom. The largest absolute Gasteiger partial charge is 0.291 e. The second kappa shape index (κ2) is 6.44. The van der Waals surface area contributed by atoms with Gasteiger partial charge in [-0.05, 0) is 17.7 Å². The van der Waals surface area contributed by atoms with Crippen molar-refractivity contribution in [1.82, 2.24) is 16.3 Å². The van der Waals surface area contributed by atoms with Gasteiger partial charge in [0.05, 0.1) is 6.21 Å². The number of nitrogens with one attached hydrogen (secondary N) is 3. The van der Waals surface area contributed by atoms with Crippen LogP contribution in [-0.4, -0.2) is 24.1 Å². The van der Waals surface area contributed by atoms with Crippen LogP contribution in [-0.2, 0) is 9.59 Å². The van der Waals surface area contributed by atoms with E-state index in [1.54, 1.807) is 6.21 Å². The summed E-state index contributed by atoms with van der Waals surface area (Å²) in [4.78, 5) is 22.5. The van der Waals surface area contributed by atoms with Crippen molar-refractivity contribution in [2.75, 3.05) is 0 Å². The number of amides is 2. The Bertz CT molecular complexity index is 518. The van der Waals surface area contributed by atoms with Gasteiger partial charge in [0.1, 0.15) is 0 Å². The quantitative estimate of drug-likeness (QED) is 0.562. The molecule has 1 saturated heterocycles. The van der Waals surface area contributed by atoms with Crippen molar-refractivity contribution in [2.24, 2.45) is 5.10 Å². The summed E-state index contributed by atoms with van der Waals surface area (Å²) in [5.41, 5.74) is 8.49. The second-order valence-electron chi connectivity index (χ2n) is 4.15. The fourth-order valence-corrected chi connectivity index (χ4v) is 2.08. The number of carbonyl (C=O) groups excluding carboxylic acids is 2. The molecule has 0 spiro atoms. The summed E-state index contributed by atoms with van der Waals surface area (Å²) in [5, 5.41) is 3.87. The summed E-state index contributed by atoms with van der Waals surface area (Å²) in [5.74, 6) is -0.337. The molecule has 1 aromatic carbocycles. The van der Waals surface area contributed by atoms with Crippen LogP contribution < -0.4 is 16.3 Å². The maximum absolute atomic E-state index is 11.5. The highest BCUT2D eigenvalue weighted by molar-refractivity contribution is 9.10. The number of hydrogen-bond donors (Lipinski definition) is 3. The third-order valence-corrected chi connectivity index (χ3v) is 3.02. The third-order valence-electron chi connectivity index (χ3n) is 2.53. The fourth-order valence-electron chi connectivity index (χ4n) is 1.67. The van der Waals surface area contributed by atoms with E-state index in [9.17, 15) is 9.59 Å². The van der Waals surface area contributed by atoms with Gasteiger partial charge in [-0.1, -0.05) is 28.1 Å². The van der Waals surface area contributed by atoms with Crippen LogP contribution >= 0.6 is 15.9 Å². The minimum Gasteiger partial charge on any atom is -0.291 e. The van der Waals surface area contributed by atoms with E-state index in [1.165, 1.54) is 0 Å². The van der Waals surface area contributed by atoms with Crippen LogP contribution in [0.2, 0.25) is 0 Å². The van der Waals surface area contributed by atoms with Crippen LogP contribution in [0.4, 0.5) is 0 Å². The fraction of sp³-hybridized carbons (Fsp3) is 0.250. The van der Waals surface area contributed by atoms with Crippen LogP contribution in [0, 0.1) is 0 Å². The molecule has 0 aromatic heterocycles. The first-order valence-electron chi connectivity index (χ1n) is 5.75. The van der Waals surface area contributed by atoms with Crippen LogP contribution in [0.15, 0.2) is 33.8 Å². The normalized spacial score (nSPS) is 18.6. The van der Waals surface area contributed by atoms with E-state index < -0.39 is 0 Å². The first kappa shape index (κ1) is 13.7. The van der Waals surface area contributed by atoms with E-state index in [0.717, 1.165) is 10.0 Å². The Morgan fingerprint density at radius 2 is 2.42 bits per heavy atom. The summed E-state index contributed by atoms with van der Waals surface area (Å²) >= 11 is 3.35. The first-order valence-corrected chi connectivity index (χ1v) is 6.54. The zero-order valence-corrected chi connectivity index (χ0v) is 11.6. The number of nitrogens with zero attached hydrogens (tertiary/aromatic N) is 1. The van der Waals surface area contributed by atoms with Crippen LogP contribution in [0.1, 0.15) is 18.4 Å². The zero-order valence-electron chi connectivity index (χ0n) is 10.0. The van der Waals surface area contributed by atoms with Gasteiger partial charge in [0.25, 0.3) is 0 Å². The molecule has 1 atom stereocenters. The van der Waals surface area contributed by atoms with E-state index in [-0.39, 0.29) is 24.3 Å². The number of rotatable bonds is 4. The number of carbonyl (C=O) groups is 2. The maximum atomic E-state index is 11.5. The highest BCUT2D eigenvalue weighted by Gasteiger charge is 2.22. The van der Waals surface area contributed by atoms with Gasteiger partial charge in [-0.25, -0.2) is 10.9 Å². The summed E-state index contributed by atoms with van der Waals surface area (Å²) in [6.07, 6.45) is 2.07. The van der Waals surface area contributed by atoms with E-state index >= 15 is 0 Å². The second-order valence-corrected chi connectivity index (χ2v) is 5.06. The summed E-state index contributed by atoms with van der Waals surface area (Å²) in [7, 11) is 0. The van der Waals surface area contributed by atoms with Crippen LogP contribution in [0.25, 0.3) is 0 Å². The summed E-state index contributed by atoms with van der Waals surface area (Å²) in [6, 6.07) is 7.38. The van der Waals surface area contributed by atoms with Crippen LogP contribution in [0.3, 0.4) is 0 Å². The highest BCUT2D eigenvalue weighted by Crippen LogP contribution is 2.09. The van der Waals surface area contributed by atoms with Crippen molar-refractivity contribution in [3.63, 3.8) is 0 Å². The molecule has 1 unspecified atom stereocenters. The Labute approximate surface area is 118 Å². The van der Waals surface area contributed by atoms with E-state index in [1.807, 2.05) is 24.3 Å². The lowest BCUT2D eigenvalue weighted by atomic mass is 10.1. The number of halogens is 1. The van der Waals surface area contributed by atoms with Gasteiger partial charge in [0.2, 0.25) is 11.8 Å². The summed E-state index contributed by atoms with van der Waals surface area (Å²) < 4.78 is 0.947. The monoisotopic (exact) mass is 324 g/mol. The standard InChI is InChI=1S/C12H13BrN4O2/c13-9-3-1-2-8(4-9)7-14-16-11(18)5-10-6-12(19)17-15-10/h1-4,7,10,15H,5-6H2,(H,16,18)(H,17,19)/b14-7+. The molecule has 19 heavy (non-hydrogen) atoms. The van der Waals surface area contributed by atoms with E-state index in [4.69, 9.17) is 0 Å². The smallest absolute Gasteiger partial charge is 0.241 e. The van der Waals surface area contributed by atoms with Gasteiger partial charge in [-0.15, -0.1) is 0 Å². The van der Waals surface area contributed by atoms with E-state index in [0.29, 0.717) is 6.42 Å². The number of hydrazine groups is 1. The van der Waals surface area contributed by atoms with Gasteiger partial charge in [-0.3, -0.25) is 15.0 Å². The molecule has 7 heteroatoms. The molecule has 6 nitrogen and oxygen atoms in total. The molecule has 1 fully saturated rings. The minimum atomic E-state index is -0.236. The molecule has 0 saturated carbocycles. The molecule has 1 aliphatic heterocycles. The summed E-state index contributed by atoms with van der Waals surface area (Å²) in [6.45, 7) is 0. The van der Waals surface area contributed by atoms with Gasteiger partial charge in [-0.2, -0.15) is 5.10 Å². The predicted molar refractivity (Wildman–Crippen MR) is 74.2 cm³/mol. The van der Waals surface area contributed by atoms with Gasteiger partial charge < -0.3 is 0 Å². The van der Waals surface area contributed by atoms with E-state index in [2.05, 4.69) is 37.3 Å². The molecule has 2 amide bonds. The maximum Gasteiger partial charge on any atom is 0.241 e. The molecule has 0 bridgehead atoms. The van der Waals surface area contributed by atoms with Crippen molar-refractivity contribution in [1.29, 1.82) is 0 Å². The lowest BCUT2D eigenvalue weighted by molar-refractivity contribution is -0.121. The average molecular weight is 325 g/mol. The highest BCUT2D eigenvalue weighted by atomic mass is 79.9. The Balaban J connectivity index is 1.78. The van der Waals surface area contributed by atoms with Gasteiger partial charge in [0.15, 0.2) is 0 Å². The lowest BCUT2D eigenvalue weighted by Crippen LogP contribution is -2.34. The molecule has 0 aliphatic carbocycles. The molecular weight excluding hydrogens is 312 g/mol. The first-order chi connectivity index (χ1) is 9.13. The van der Waals surface area contributed by atoms with Crippen molar-refractivity contribution in [3.05, 3.63) is 34.3 Å². The number of benzene rings is 1. The third kappa shape index (κ3) is 4.46. The predicted octanol–water partition coefficient (Wildman–Crippen LogP) is 0.682. The average Bonchev–Trinajstić information content (AvgIpc) is 2.75.